The van der Waals surface area contributed by atoms with Gasteiger partial charge in [-0.3, -0.25) is 0 Å². The molecule has 4 N–H and O–H groups in total. The van der Waals surface area contributed by atoms with E-state index in [2.05, 4.69) is 37.7 Å². The van der Waals surface area contributed by atoms with E-state index >= 15 is 0 Å². The molecule has 0 aliphatic rings. The van der Waals surface area contributed by atoms with Crippen molar-refractivity contribution in [1.82, 2.24) is 15.0 Å². The molecular weight excluding hydrogens is 420 g/mol. The van der Waals surface area contributed by atoms with Crippen LogP contribution in [-0.2, 0) is 22.4 Å². The van der Waals surface area contributed by atoms with Crippen LogP contribution in [0.1, 0.15) is 17.0 Å². The van der Waals surface area contributed by atoms with Gasteiger partial charge in [0.2, 0.25) is 11.9 Å². The SMILES string of the molecule is COc1ccc(CNc2nc(Cc3ccccc3)nc(NCCOCCOCCN)n2)cc1. The summed E-state index contributed by atoms with van der Waals surface area (Å²) in [6.07, 6.45) is 0.615. The molecule has 176 valence electrons. The Morgan fingerprint density at radius 1 is 0.758 bits per heavy atom. The molecule has 33 heavy (non-hydrogen) atoms. The second-order valence-corrected chi connectivity index (χ2v) is 7.20. The Morgan fingerprint density at radius 3 is 2.15 bits per heavy atom. The molecule has 9 heteroatoms. The molecule has 0 unspecified atom stereocenters. The van der Waals surface area contributed by atoms with Crippen LogP contribution < -0.4 is 21.1 Å². The lowest BCUT2D eigenvalue weighted by molar-refractivity contribution is 0.0547. The van der Waals surface area contributed by atoms with Crippen LogP contribution in [0.25, 0.3) is 0 Å². The first-order valence-electron chi connectivity index (χ1n) is 11.0. The van der Waals surface area contributed by atoms with Crippen molar-refractivity contribution < 1.29 is 14.2 Å². The Balaban J connectivity index is 1.59. The van der Waals surface area contributed by atoms with Gasteiger partial charge in [-0.15, -0.1) is 0 Å². The molecule has 2 aromatic carbocycles. The lowest BCUT2D eigenvalue weighted by Gasteiger charge is -2.11. The molecule has 3 aromatic rings. The zero-order valence-electron chi connectivity index (χ0n) is 19.0. The van der Waals surface area contributed by atoms with Crippen LogP contribution in [0.2, 0.25) is 0 Å². The monoisotopic (exact) mass is 452 g/mol. The Bertz CT molecular complexity index is 941. The zero-order valence-corrected chi connectivity index (χ0v) is 19.0. The molecule has 0 saturated heterocycles. The van der Waals surface area contributed by atoms with Gasteiger partial charge in [-0.25, -0.2) is 0 Å². The molecule has 0 bridgehead atoms. The Morgan fingerprint density at radius 2 is 1.45 bits per heavy atom. The van der Waals surface area contributed by atoms with Crippen molar-refractivity contribution in [2.75, 3.05) is 57.3 Å². The summed E-state index contributed by atoms with van der Waals surface area (Å²) < 4.78 is 16.1. The average molecular weight is 453 g/mol. The summed E-state index contributed by atoms with van der Waals surface area (Å²) in [7, 11) is 1.65. The van der Waals surface area contributed by atoms with Crippen LogP contribution in [0.3, 0.4) is 0 Å². The Hall–Kier alpha value is -3.27. The number of nitrogens with two attached hydrogens (primary N) is 1. The number of rotatable bonds is 15. The normalized spacial score (nSPS) is 10.7. The van der Waals surface area contributed by atoms with E-state index in [0.717, 1.165) is 16.9 Å². The first-order chi connectivity index (χ1) is 16.3. The fourth-order valence-electron chi connectivity index (χ4n) is 3.00. The first-order valence-corrected chi connectivity index (χ1v) is 11.0. The Kier molecular flexibility index (Phi) is 10.3. The van der Waals surface area contributed by atoms with Gasteiger partial charge in [0.05, 0.1) is 33.5 Å². The number of ether oxygens (including phenoxy) is 3. The largest absolute Gasteiger partial charge is 0.497 e. The average Bonchev–Trinajstić information content (AvgIpc) is 2.85. The molecule has 0 aliphatic carbocycles. The molecule has 0 fully saturated rings. The summed E-state index contributed by atoms with van der Waals surface area (Å²) in [4.78, 5) is 13.7. The first kappa shape index (κ1) is 24.4. The number of hydrogen-bond acceptors (Lipinski definition) is 9. The minimum atomic E-state index is 0.510. The molecule has 0 radical (unpaired) electrons. The van der Waals surface area contributed by atoms with Crippen LogP contribution in [-0.4, -0.2) is 61.6 Å². The predicted molar refractivity (Wildman–Crippen MR) is 129 cm³/mol. The summed E-state index contributed by atoms with van der Waals surface area (Å²) in [5, 5.41) is 6.52. The van der Waals surface area contributed by atoms with Gasteiger partial charge in [0.1, 0.15) is 11.6 Å². The third-order valence-electron chi connectivity index (χ3n) is 4.66. The zero-order chi connectivity index (χ0) is 23.1. The third kappa shape index (κ3) is 9.01. The highest BCUT2D eigenvalue weighted by Gasteiger charge is 2.08. The predicted octanol–water partition coefficient (Wildman–Crippen LogP) is 2.49. The quantitative estimate of drug-likeness (QED) is 0.299. The molecule has 0 spiro atoms. The number of benzene rings is 2. The summed E-state index contributed by atoms with van der Waals surface area (Å²) in [5.41, 5.74) is 7.62. The summed E-state index contributed by atoms with van der Waals surface area (Å²) >= 11 is 0. The lowest BCUT2D eigenvalue weighted by atomic mass is 10.1. The molecule has 3 rings (SSSR count). The molecule has 1 aromatic heterocycles. The fraction of sp³-hybridized carbons (Fsp3) is 0.375. The van der Waals surface area contributed by atoms with E-state index < -0.39 is 0 Å². The second-order valence-electron chi connectivity index (χ2n) is 7.20. The molecule has 0 atom stereocenters. The Labute approximate surface area is 194 Å². The molecule has 0 saturated carbocycles. The van der Waals surface area contributed by atoms with Gasteiger partial charge in [0.15, 0.2) is 0 Å². The number of anilines is 2. The van der Waals surface area contributed by atoms with Crippen LogP contribution in [0, 0.1) is 0 Å². The van der Waals surface area contributed by atoms with E-state index in [0.29, 0.717) is 70.2 Å². The van der Waals surface area contributed by atoms with Gasteiger partial charge in [0, 0.05) is 26.1 Å². The highest BCUT2D eigenvalue weighted by molar-refractivity contribution is 5.37. The van der Waals surface area contributed by atoms with Crippen LogP contribution >= 0.6 is 0 Å². The van der Waals surface area contributed by atoms with Crippen LogP contribution in [0.15, 0.2) is 54.6 Å². The van der Waals surface area contributed by atoms with Gasteiger partial charge in [-0.1, -0.05) is 42.5 Å². The number of nitrogens with one attached hydrogen (secondary N) is 2. The molecule has 0 aliphatic heterocycles. The van der Waals surface area contributed by atoms with Crippen LogP contribution in [0.5, 0.6) is 5.75 Å². The smallest absolute Gasteiger partial charge is 0.228 e. The van der Waals surface area contributed by atoms with Gasteiger partial charge >= 0.3 is 0 Å². The molecular formula is C24H32N6O3. The van der Waals surface area contributed by atoms with E-state index in [1.807, 2.05) is 42.5 Å². The number of nitrogens with zero attached hydrogens (tertiary/aromatic N) is 3. The van der Waals surface area contributed by atoms with E-state index in [-0.39, 0.29) is 0 Å². The fourth-order valence-corrected chi connectivity index (χ4v) is 3.00. The van der Waals surface area contributed by atoms with E-state index in [9.17, 15) is 0 Å². The maximum atomic E-state index is 5.56. The number of hydrogen-bond donors (Lipinski definition) is 3. The second kappa shape index (κ2) is 14.0. The van der Waals surface area contributed by atoms with Gasteiger partial charge in [-0.2, -0.15) is 15.0 Å². The third-order valence-corrected chi connectivity index (χ3v) is 4.66. The van der Waals surface area contributed by atoms with E-state index in [1.165, 1.54) is 0 Å². The van der Waals surface area contributed by atoms with Crippen molar-refractivity contribution in [3.8, 4) is 5.75 Å². The van der Waals surface area contributed by atoms with Crippen molar-refractivity contribution >= 4 is 11.9 Å². The molecule has 9 nitrogen and oxygen atoms in total. The van der Waals surface area contributed by atoms with Gasteiger partial charge in [-0.05, 0) is 23.3 Å². The standard InChI is InChI=1S/C24H32N6O3/c1-31-21-9-7-20(8-10-21)18-27-24-29-22(17-19-5-3-2-4-6-19)28-23(30-24)26-12-14-33-16-15-32-13-11-25/h2-10H,11-18,25H2,1H3,(H2,26,27,28,29,30). The molecule has 0 amide bonds. The van der Waals surface area contributed by atoms with Crippen molar-refractivity contribution in [1.29, 1.82) is 0 Å². The minimum absolute atomic E-state index is 0.510. The van der Waals surface area contributed by atoms with Gasteiger partial charge < -0.3 is 30.6 Å². The van der Waals surface area contributed by atoms with Crippen molar-refractivity contribution in [3.05, 3.63) is 71.5 Å². The van der Waals surface area contributed by atoms with Crippen molar-refractivity contribution in [2.24, 2.45) is 5.73 Å². The van der Waals surface area contributed by atoms with Crippen molar-refractivity contribution in [2.45, 2.75) is 13.0 Å². The summed E-state index contributed by atoms with van der Waals surface area (Å²) in [6.45, 7) is 3.79. The maximum Gasteiger partial charge on any atom is 0.228 e. The van der Waals surface area contributed by atoms with E-state index in [1.54, 1.807) is 7.11 Å². The molecule has 1 heterocycles. The minimum Gasteiger partial charge on any atom is -0.497 e. The number of aromatic nitrogens is 3. The van der Waals surface area contributed by atoms with Crippen LogP contribution in [0.4, 0.5) is 11.9 Å². The van der Waals surface area contributed by atoms with E-state index in [4.69, 9.17) is 19.9 Å². The highest BCUT2D eigenvalue weighted by atomic mass is 16.5. The summed E-state index contributed by atoms with van der Waals surface area (Å²) in [6, 6.07) is 18.0. The maximum absolute atomic E-state index is 5.56. The topological polar surface area (TPSA) is 116 Å². The number of methoxy groups -OCH3 is 1. The highest BCUT2D eigenvalue weighted by Crippen LogP contribution is 2.14. The van der Waals surface area contributed by atoms with Crippen molar-refractivity contribution in [3.63, 3.8) is 0 Å². The summed E-state index contributed by atoms with van der Waals surface area (Å²) in [5.74, 6) is 2.54. The lowest BCUT2D eigenvalue weighted by Crippen LogP contribution is -2.17. The van der Waals surface area contributed by atoms with Gasteiger partial charge in [0.25, 0.3) is 0 Å².